The first kappa shape index (κ1) is 24.8. The first-order valence-electron chi connectivity index (χ1n) is 11.0. The lowest BCUT2D eigenvalue weighted by molar-refractivity contribution is -0.145. The van der Waals surface area contributed by atoms with Crippen molar-refractivity contribution in [2.45, 2.75) is 40.2 Å². The van der Waals surface area contributed by atoms with E-state index in [9.17, 15) is 19.2 Å². The molecule has 0 saturated heterocycles. The third-order valence-corrected chi connectivity index (χ3v) is 5.08. The molecule has 2 aromatic rings. The zero-order valence-corrected chi connectivity index (χ0v) is 19.4. The quantitative estimate of drug-likeness (QED) is 0.314. The fourth-order valence-corrected chi connectivity index (χ4v) is 3.46. The summed E-state index contributed by atoms with van der Waals surface area (Å²) in [4.78, 5) is 52.2. The molecule has 34 heavy (non-hydrogen) atoms. The number of benzene rings is 1. The van der Waals surface area contributed by atoms with E-state index in [1.165, 1.54) is 0 Å². The van der Waals surface area contributed by atoms with Gasteiger partial charge < -0.3 is 28.7 Å². The minimum Gasteiger partial charge on any atom is -0.486 e. The number of esters is 3. The molecule has 1 aromatic heterocycles. The predicted molar refractivity (Wildman–Crippen MR) is 118 cm³/mol. The minimum absolute atomic E-state index is 0.0684. The van der Waals surface area contributed by atoms with Crippen LogP contribution in [0.1, 0.15) is 69.2 Å². The van der Waals surface area contributed by atoms with Crippen molar-refractivity contribution < 1.29 is 42.9 Å². The molecule has 1 aromatic carbocycles. The summed E-state index contributed by atoms with van der Waals surface area (Å²) in [6.45, 7) is 5.75. The number of carbonyl (C=O) groups is 4. The van der Waals surface area contributed by atoms with Gasteiger partial charge in [-0.05, 0) is 44.5 Å². The number of carbonyl (C=O) groups excluding carboxylic acids is 4. The molecule has 1 N–H and O–H groups in total. The molecule has 0 bridgehead atoms. The van der Waals surface area contributed by atoms with E-state index >= 15 is 0 Å². The van der Waals surface area contributed by atoms with Crippen LogP contribution in [0.25, 0.3) is 0 Å². The summed E-state index contributed by atoms with van der Waals surface area (Å²) < 4.78 is 26.2. The van der Waals surface area contributed by atoms with Crippen molar-refractivity contribution in [1.82, 2.24) is 4.98 Å². The molecule has 10 nitrogen and oxygen atoms in total. The van der Waals surface area contributed by atoms with Gasteiger partial charge in [0.25, 0.3) is 0 Å². The average Bonchev–Trinajstić information content (AvgIpc) is 3.17. The maximum absolute atomic E-state index is 12.5. The number of aromatic nitrogens is 1. The second-order valence-corrected chi connectivity index (χ2v) is 7.36. The Morgan fingerprint density at radius 1 is 0.912 bits per heavy atom. The number of aromatic amines is 1. The van der Waals surface area contributed by atoms with Gasteiger partial charge in [-0.3, -0.25) is 9.59 Å². The van der Waals surface area contributed by atoms with Crippen LogP contribution in [-0.4, -0.2) is 55.1 Å². The highest BCUT2D eigenvalue weighted by atomic mass is 16.6. The molecule has 0 saturated carbocycles. The molecule has 0 spiro atoms. The molecular weight excluding hydrogens is 446 g/mol. The summed E-state index contributed by atoms with van der Waals surface area (Å²) in [7, 11) is 0. The van der Waals surface area contributed by atoms with Crippen molar-refractivity contribution in [3.63, 3.8) is 0 Å². The van der Waals surface area contributed by atoms with E-state index < -0.39 is 17.9 Å². The van der Waals surface area contributed by atoms with Gasteiger partial charge in [-0.25, -0.2) is 9.59 Å². The fourth-order valence-electron chi connectivity index (χ4n) is 3.46. The lowest BCUT2D eigenvalue weighted by Crippen LogP contribution is -2.16. The molecule has 0 unspecified atom stereocenters. The van der Waals surface area contributed by atoms with Gasteiger partial charge in [-0.2, -0.15) is 0 Å². The molecule has 182 valence electrons. The Bertz CT molecular complexity index is 1090. The Morgan fingerprint density at radius 2 is 1.59 bits per heavy atom. The van der Waals surface area contributed by atoms with Crippen molar-refractivity contribution in [3.05, 3.63) is 46.3 Å². The highest BCUT2D eigenvalue weighted by Gasteiger charge is 2.26. The second kappa shape index (κ2) is 11.4. The van der Waals surface area contributed by atoms with Gasteiger partial charge in [0, 0.05) is 12.0 Å². The minimum atomic E-state index is -0.647. The lowest BCUT2D eigenvalue weighted by Gasteiger charge is -2.18. The largest absolute Gasteiger partial charge is 0.486 e. The molecule has 1 aliphatic heterocycles. The smallest absolute Gasteiger partial charge is 0.355 e. The molecule has 10 heteroatoms. The Labute approximate surface area is 196 Å². The summed E-state index contributed by atoms with van der Waals surface area (Å²) in [5, 5.41) is 0. The maximum atomic E-state index is 12.5. The molecule has 0 radical (unpaired) electrons. The summed E-state index contributed by atoms with van der Waals surface area (Å²) >= 11 is 0. The normalized spacial score (nSPS) is 12.1. The van der Waals surface area contributed by atoms with E-state index in [1.54, 1.807) is 39.0 Å². The Hall–Kier alpha value is -3.82. The van der Waals surface area contributed by atoms with E-state index in [0.717, 1.165) is 0 Å². The van der Waals surface area contributed by atoms with E-state index in [4.69, 9.17) is 23.7 Å². The molecule has 0 amide bonds. The SMILES string of the molecule is CCOC(=O)c1[nH]c(COC(=O)CCC(=O)c2ccc3c(c2)OCCO3)c(C(=O)OCC)c1C. The summed E-state index contributed by atoms with van der Waals surface area (Å²) in [5.41, 5.74) is 1.16. The van der Waals surface area contributed by atoms with Gasteiger partial charge in [0.1, 0.15) is 25.5 Å². The number of ether oxygens (including phenoxy) is 5. The zero-order valence-electron chi connectivity index (χ0n) is 19.4. The van der Waals surface area contributed by atoms with Crippen molar-refractivity contribution in [2.24, 2.45) is 0 Å². The van der Waals surface area contributed by atoms with Gasteiger partial charge >= 0.3 is 17.9 Å². The van der Waals surface area contributed by atoms with Crippen molar-refractivity contribution in [2.75, 3.05) is 26.4 Å². The van der Waals surface area contributed by atoms with E-state index in [2.05, 4.69) is 4.98 Å². The number of rotatable bonds is 10. The number of hydrogen-bond acceptors (Lipinski definition) is 9. The van der Waals surface area contributed by atoms with E-state index in [0.29, 0.717) is 35.8 Å². The van der Waals surface area contributed by atoms with E-state index in [1.807, 2.05) is 0 Å². The molecule has 0 fully saturated rings. The van der Waals surface area contributed by atoms with Crippen LogP contribution in [0.5, 0.6) is 11.5 Å². The van der Waals surface area contributed by atoms with Crippen molar-refractivity contribution in [1.29, 1.82) is 0 Å². The molecule has 1 aliphatic rings. The summed E-state index contributed by atoms with van der Waals surface area (Å²) in [5.74, 6) is -1.10. The van der Waals surface area contributed by atoms with Crippen LogP contribution in [0.3, 0.4) is 0 Å². The summed E-state index contributed by atoms with van der Waals surface area (Å²) in [6.07, 6.45) is -0.229. The Balaban J connectivity index is 1.62. The van der Waals surface area contributed by atoms with Gasteiger partial charge in [-0.15, -0.1) is 0 Å². The number of nitrogens with one attached hydrogen (secondary N) is 1. The van der Waals surface area contributed by atoms with Crippen LogP contribution >= 0.6 is 0 Å². The van der Waals surface area contributed by atoms with Gasteiger partial charge in [0.15, 0.2) is 17.3 Å². The Kier molecular flexibility index (Phi) is 8.29. The number of fused-ring (bicyclic) bond motifs is 1. The third kappa shape index (κ3) is 5.75. The number of H-pyrrole nitrogens is 1. The van der Waals surface area contributed by atoms with Crippen LogP contribution in [0, 0.1) is 6.92 Å². The fraction of sp³-hybridized carbons (Fsp3) is 0.417. The standard InChI is InChI=1S/C24H27NO9/c1-4-30-23(28)21-14(3)22(24(29)31-5-2)25-16(21)13-34-20(27)9-7-17(26)15-6-8-18-19(12-15)33-11-10-32-18/h6,8,12,25H,4-5,7,9-11,13H2,1-3H3. The second-order valence-electron chi connectivity index (χ2n) is 7.36. The molecule has 2 heterocycles. The molecule has 0 atom stereocenters. The first-order valence-corrected chi connectivity index (χ1v) is 11.0. The van der Waals surface area contributed by atoms with Crippen LogP contribution in [0.15, 0.2) is 18.2 Å². The van der Waals surface area contributed by atoms with Crippen LogP contribution in [0.4, 0.5) is 0 Å². The lowest BCUT2D eigenvalue weighted by atomic mass is 10.1. The average molecular weight is 473 g/mol. The van der Waals surface area contributed by atoms with Gasteiger partial charge in [-0.1, -0.05) is 0 Å². The van der Waals surface area contributed by atoms with Gasteiger partial charge in [0.2, 0.25) is 0 Å². The molecular formula is C24H27NO9. The zero-order chi connectivity index (χ0) is 24.7. The first-order chi connectivity index (χ1) is 16.3. The van der Waals surface area contributed by atoms with Crippen LogP contribution in [0.2, 0.25) is 0 Å². The molecule has 0 aliphatic carbocycles. The number of ketones is 1. The number of Topliss-reactive ketones (excluding diaryl/α,β-unsaturated/α-hetero) is 1. The van der Waals surface area contributed by atoms with E-state index in [-0.39, 0.29) is 55.4 Å². The Morgan fingerprint density at radius 3 is 2.29 bits per heavy atom. The van der Waals surface area contributed by atoms with Gasteiger partial charge in [0.05, 0.1) is 30.9 Å². The summed E-state index contributed by atoms with van der Waals surface area (Å²) in [6, 6.07) is 4.86. The van der Waals surface area contributed by atoms with Crippen molar-refractivity contribution >= 4 is 23.7 Å². The highest BCUT2D eigenvalue weighted by molar-refractivity contribution is 5.99. The highest BCUT2D eigenvalue weighted by Crippen LogP contribution is 2.31. The maximum Gasteiger partial charge on any atom is 0.355 e. The topological polar surface area (TPSA) is 130 Å². The third-order valence-electron chi connectivity index (χ3n) is 5.08. The molecule has 3 rings (SSSR count). The number of hydrogen-bond donors (Lipinski definition) is 1. The monoisotopic (exact) mass is 473 g/mol. The van der Waals surface area contributed by atoms with Crippen molar-refractivity contribution in [3.8, 4) is 11.5 Å². The van der Waals surface area contributed by atoms with Crippen LogP contribution < -0.4 is 9.47 Å². The predicted octanol–water partition coefficient (Wildman–Crippen LogP) is 3.15. The van der Waals surface area contributed by atoms with Crippen LogP contribution in [-0.2, 0) is 25.6 Å².